The summed E-state index contributed by atoms with van der Waals surface area (Å²) in [5.41, 5.74) is 0. The van der Waals surface area contributed by atoms with Crippen LogP contribution in [0.2, 0.25) is 0 Å². The molecule has 0 aromatic heterocycles. The number of thiol groups is 1. The van der Waals surface area contributed by atoms with Crippen LogP contribution in [0.4, 0.5) is 0 Å². The summed E-state index contributed by atoms with van der Waals surface area (Å²) in [6, 6.07) is 0. The summed E-state index contributed by atoms with van der Waals surface area (Å²) >= 11 is 8.82. The van der Waals surface area contributed by atoms with Crippen molar-refractivity contribution in [3.63, 3.8) is 0 Å². The number of hydrogen-bond acceptors (Lipinski definition) is 1. The molecule has 0 spiro atoms. The van der Waals surface area contributed by atoms with Crippen molar-refractivity contribution in [3.05, 3.63) is 0 Å². The molecule has 0 heterocycles. The number of nitrogens with zero attached hydrogens (tertiary/aromatic N) is 1. The van der Waals surface area contributed by atoms with Gasteiger partial charge in [0.25, 0.3) is 0 Å². The Morgan fingerprint density at radius 3 is 1.78 bits per heavy atom. The first kappa shape index (κ1) is 13.5. The first-order valence-electron chi connectivity index (χ1n) is 2.70. The molecular weight excluding hydrogens is 177 g/mol. The van der Waals surface area contributed by atoms with Crippen molar-refractivity contribution in [2.75, 3.05) is 13.1 Å². The molecule has 0 aromatic rings. The summed E-state index contributed by atoms with van der Waals surface area (Å²) < 4.78 is 0.690. The third-order valence-electron chi connectivity index (χ3n) is 1.03. The van der Waals surface area contributed by atoms with E-state index in [1.807, 2.05) is 4.90 Å². The van der Waals surface area contributed by atoms with Crippen LogP contribution in [0.3, 0.4) is 0 Å². The van der Waals surface area contributed by atoms with Crippen LogP contribution in [0.5, 0.6) is 0 Å². The van der Waals surface area contributed by atoms with Gasteiger partial charge in [-0.25, -0.2) is 0 Å². The first-order chi connectivity index (χ1) is 3.72. The molecule has 0 rings (SSSR count). The number of thiocarbonyl (C=S) groups is 1. The standard InChI is InChI=1S/C5H11NS2.K/c1-3-6(4-2)5(7)8;/h3-4H2,1-2H3,(H,7,8);. The van der Waals surface area contributed by atoms with Crippen molar-refractivity contribution in [2.24, 2.45) is 0 Å². The van der Waals surface area contributed by atoms with Gasteiger partial charge in [0.05, 0.1) is 0 Å². The van der Waals surface area contributed by atoms with E-state index in [-0.39, 0.29) is 51.4 Å². The maximum atomic E-state index is 4.81. The van der Waals surface area contributed by atoms with Crippen molar-refractivity contribution in [1.82, 2.24) is 4.90 Å². The topological polar surface area (TPSA) is 3.24 Å². The van der Waals surface area contributed by atoms with E-state index in [0.29, 0.717) is 4.32 Å². The fourth-order valence-corrected chi connectivity index (χ4v) is 1.04. The Kier molecular flexibility index (Phi) is 11.9. The van der Waals surface area contributed by atoms with Gasteiger partial charge in [-0.2, -0.15) is 0 Å². The van der Waals surface area contributed by atoms with Crippen molar-refractivity contribution >= 4 is 80.6 Å². The van der Waals surface area contributed by atoms with Crippen LogP contribution in [0.15, 0.2) is 0 Å². The minimum atomic E-state index is 0. The Bertz CT molecular complexity index is 83.0. The van der Waals surface area contributed by atoms with E-state index < -0.39 is 0 Å². The Hall–Kier alpha value is 1.88. The molecule has 0 unspecified atom stereocenters. The zero-order valence-electron chi connectivity index (χ0n) is 6.22. The molecule has 9 heavy (non-hydrogen) atoms. The molecule has 0 fully saturated rings. The average molecular weight is 188 g/mol. The van der Waals surface area contributed by atoms with Crippen molar-refractivity contribution < 1.29 is 0 Å². The zero-order chi connectivity index (χ0) is 6.57. The third-order valence-corrected chi connectivity index (χ3v) is 1.58. The van der Waals surface area contributed by atoms with Crippen molar-refractivity contribution in [1.29, 1.82) is 0 Å². The maximum Gasteiger partial charge on any atom is 0.133 e. The molecular formula is C5H11KNS2. The normalized spacial score (nSPS) is 7.89. The van der Waals surface area contributed by atoms with Crippen molar-refractivity contribution in [3.8, 4) is 0 Å². The van der Waals surface area contributed by atoms with E-state index in [9.17, 15) is 0 Å². The average Bonchev–Trinajstić information content (AvgIpc) is 1.69. The minimum Gasteiger partial charge on any atom is -0.358 e. The summed E-state index contributed by atoms with van der Waals surface area (Å²) in [6.45, 7) is 6.04. The van der Waals surface area contributed by atoms with Crippen LogP contribution in [-0.4, -0.2) is 73.7 Å². The minimum absolute atomic E-state index is 0. The molecule has 0 aromatic carbocycles. The zero-order valence-corrected chi connectivity index (χ0v) is 11.1. The van der Waals surface area contributed by atoms with Crippen molar-refractivity contribution in [2.45, 2.75) is 13.8 Å². The van der Waals surface area contributed by atoms with Gasteiger partial charge in [-0.15, -0.1) is 12.6 Å². The second-order valence-corrected chi connectivity index (χ2v) is 2.57. The molecule has 0 aliphatic carbocycles. The van der Waals surface area contributed by atoms with Crippen LogP contribution in [0.25, 0.3) is 0 Å². The Morgan fingerprint density at radius 2 is 1.78 bits per heavy atom. The SMILES string of the molecule is CCN(CC)C(=S)S.[K]. The van der Waals surface area contributed by atoms with Gasteiger partial charge in [0.1, 0.15) is 4.32 Å². The first-order valence-corrected chi connectivity index (χ1v) is 3.55. The molecule has 1 nitrogen and oxygen atoms in total. The predicted octanol–water partition coefficient (Wildman–Crippen LogP) is 1.16. The smallest absolute Gasteiger partial charge is 0.133 e. The molecule has 0 saturated heterocycles. The molecule has 0 aliphatic heterocycles. The predicted molar refractivity (Wildman–Crippen MR) is 50.3 cm³/mol. The third kappa shape index (κ3) is 6.28. The van der Waals surface area contributed by atoms with Crippen LogP contribution >= 0.6 is 24.8 Å². The fourth-order valence-electron chi connectivity index (χ4n) is 0.494. The summed E-state index contributed by atoms with van der Waals surface area (Å²) in [7, 11) is 0. The van der Waals surface area contributed by atoms with Gasteiger partial charge < -0.3 is 4.90 Å². The van der Waals surface area contributed by atoms with E-state index in [1.54, 1.807) is 0 Å². The summed E-state index contributed by atoms with van der Waals surface area (Å²) in [4.78, 5) is 2.01. The van der Waals surface area contributed by atoms with E-state index in [0.717, 1.165) is 13.1 Å². The molecule has 0 aliphatic rings. The Morgan fingerprint density at radius 1 is 1.44 bits per heavy atom. The van der Waals surface area contributed by atoms with E-state index in [4.69, 9.17) is 12.2 Å². The molecule has 1 radical (unpaired) electrons. The van der Waals surface area contributed by atoms with Gasteiger partial charge in [-0.3, -0.25) is 0 Å². The van der Waals surface area contributed by atoms with Gasteiger partial charge in [-0.1, -0.05) is 12.2 Å². The van der Waals surface area contributed by atoms with Gasteiger partial charge >= 0.3 is 0 Å². The van der Waals surface area contributed by atoms with Gasteiger partial charge in [0, 0.05) is 64.5 Å². The monoisotopic (exact) mass is 188 g/mol. The molecule has 49 valence electrons. The summed E-state index contributed by atoms with van der Waals surface area (Å²) in [5.74, 6) is 0. The summed E-state index contributed by atoms with van der Waals surface area (Å²) in [5, 5.41) is 0. The quantitative estimate of drug-likeness (QED) is 0.394. The Labute approximate surface area is 110 Å². The van der Waals surface area contributed by atoms with E-state index >= 15 is 0 Å². The second-order valence-electron chi connectivity index (χ2n) is 1.45. The maximum absolute atomic E-state index is 4.81. The second kappa shape index (κ2) is 7.98. The van der Waals surface area contributed by atoms with E-state index in [1.165, 1.54) is 0 Å². The van der Waals surface area contributed by atoms with Crippen LogP contribution in [0.1, 0.15) is 13.8 Å². The van der Waals surface area contributed by atoms with Gasteiger partial charge in [0.2, 0.25) is 0 Å². The number of hydrogen-bond donors (Lipinski definition) is 1. The van der Waals surface area contributed by atoms with Crippen LogP contribution in [-0.2, 0) is 0 Å². The van der Waals surface area contributed by atoms with Gasteiger partial charge in [0.15, 0.2) is 0 Å². The van der Waals surface area contributed by atoms with Gasteiger partial charge in [-0.05, 0) is 13.8 Å². The molecule has 0 atom stereocenters. The molecule has 0 bridgehead atoms. The fraction of sp³-hybridized carbons (Fsp3) is 0.800. The molecule has 4 heteroatoms. The largest absolute Gasteiger partial charge is 0.358 e. The van der Waals surface area contributed by atoms with Crippen LogP contribution in [0, 0.1) is 0 Å². The number of rotatable bonds is 2. The molecule has 0 N–H and O–H groups in total. The van der Waals surface area contributed by atoms with E-state index in [2.05, 4.69) is 26.5 Å². The van der Waals surface area contributed by atoms with Crippen LogP contribution < -0.4 is 0 Å². The molecule has 0 saturated carbocycles. The molecule has 0 amide bonds. The summed E-state index contributed by atoms with van der Waals surface area (Å²) in [6.07, 6.45) is 0. The Balaban J connectivity index is 0.